The molecule has 4 nitrogen and oxygen atoms in total. The fourth-order valence-electron chi connectivity index (χ4n) is 1.98. The zero-order chi connectivity index (χ0) is 14.4. The Kier molecular flexibility index (Phi) is 4.71. The lowest BCUT2D eigenvalue weighted by molar-refractivity contribution is 0.0982. The van der Waals surface area contributed by atoms with Crippen LogP contribution < -0.4 is 9.47 Å². The van der Waals surface area contributed by atoms with Gasteiger partial charge in [-0.1, -0.05) is 6.07 Å². The predicted octanol–water partition coefficient (Wildman–Crippen LogP) is 2.91. The maximum Gasteiger partial charge on any atom is 0.163 e. The number of pyridine rings is 1. The molecule has 0 atom stereocenters. The van der Waals surface area contributed by atoms with E-state index in [1.54, 1.807) is 38.7 Å². The molecule has 0 aliphatic heterocycles. The van der Waals surface area contributed by atoms with E-state index >= 15 is 0 Å². The molecule has 20 heavy (non-hydrogen) atoms. The third-order valence-corrected chi connectivity index (χ3v) is 3.09. The lowest BCUT2D eigenvalue weighted by atomic mass is 10.0. The minimum Gasteiger partial charge on any atom is -0.493 e. The summed E-state index contributed by atoms with van der Waals surface area (Å²) in [5, 5.41) is 0. The lowest BCUT2D eigenvalue weighted by Gasteiger charge is -2.09. The standard InChI is InChI=1S/C16H17NO3/c1-19-15-6-4-12(11-16(15)20-2)3-5-14(18)13-7-9-17-10-8-13/h4,6-11H,3,5H2,1-2H3. The molecule has 0 bridgehead atoms. The number of aromatic nitrogens is 1. The number of ether oxygens (including phenoxy) is 2. The molecule has 1 aromatic carbocycles. The number of carbonyl (C=O) groups excluding carboxylic acids is 1. The molecular formula is C16H17NO3. The average molecular weight is 271 g/mol. The zero-order valence-electron chi connectivity index (χ0n) is 11.6. The molecule has 0 spiro atoms. The quantitative estimate of drug-likeness (QED) is 0.758. The van der Waals surface area contributed by atoms with Crippen LogP contribution in [0.3, 0.4) is 0 Å². The molecule has 4 heteroatoms. The Labute approximate surface area is 118 Å². The van der Waals surface area contributed by atoms with Gasteiger partial charge in [0.1, 0.15) is 0 Å². The van der Waals surface area contributed by atoms with Gasteiger partial charge < -0.3 is 9.47 Å². The van der Waals surface area contributed by atoms with Gasteiger partial charge in [0.2, 0.25) is 0 Å². The Morgan fingerprint density at radius 2 is 1.75 bits per heavy atom. The van der Waals surface area contributed by atoms with E-state index in [1.807, 2.05) is 18.2 Å². The molecule has 2 rings (SSSR count). The smallest absolute Gasteiger partial charge is 0.163 e. The molecule has 0 saturated heterocycles. The van der Waals surface area contributed by atoms with Crippen molar-refractivity contribution in [1.29, 1.82) is 0 Å². The summed E-state index contributed by atoms with van der Waals surface area (Å²) in [4.78, 5) is 15.9. The van der Waals surface area contributed by atoms with E-state index in [0.717, 1.165) is 5.56 Å². The Morgan fingerprint density at radius 1 is 1.05 bits per heavy atom. The highest BCUT2D eigenvalue weighted by Crippen LogP contribution is 2.28. The van der Waals surface area contributed by atoms with E-state index in [9.17, 15) is 4.79 Å². The molecule has 1 heterocycles. The average Bonchev–Trinajstić information content (AvgIpc) is 2.53. The highest BCUT2D eigenvalue weighted by Gasteiger charge is 2.08. The summed E-state index contributed by atoms with van der Waals surface area (Å²) in [5.41, 5.74) is 1.74. The van der Waals surface area contributed by atoms with Crippen LogP contribution in [0, 0.1) is 0 Å². The number of nitrogens with zero attached hydrogens (tertiary/aromatic N) is 1. The molecule has 0 aliphatic rings. The first-order chi connectivity index (χ1) is 9.74. The molecule has 1 aromatic heterocycles. The van der Waals surface area contributed by atoms with Crippen LogP contribution in [0.25, 0.3) is 0 Å². The van der Waals surface area contributed by atoms with E-state index in [2.05, 4.69) is 4.98 Å². The summed E-state index contributed by atoms with van der Waals surface area (Å²) < 4.78 is 10.4. The van der Waals surface area contributed by atoms with Gasteiger partial charge in [-0.3, -0.25) is 9.78 Å². The van der Waals surface area contributed by atoms with Gasteiger partial charge in [0.15, 0.2) is 17.3 Å². The molecule has 0 N–H and O–H groups in total. The highest BCUT2D eigenvalue weighted by atomic mass is 16.5. The van der Waals surface area contributed by atoms with Crippen LogP contribution in [-0.4, -0.2) is 25.0 Å². The van der Waals surface area contributed by atoms with Crippen LogP contribution in [-0.2, 0) is 6.42 Å². The van der Waals surface area contributed by atoms with Crippen molar-refractivity contribution in [1.82, 2.24) is 4.98 Å². The molecule has 0 saturated carbocycles. The van der Waals surface area contributed by atoms with Gasteiger partial charge >= 0.3 is 0 Å². The van der Waals surface area contributed by atoms with Crippen molar-refractivity contribution in [2.24, 2.45) is 0 Å². The molecule has 0 fully saturated rings. The lowest BCUT2D eigenvalue weighted by Crippen LogP contribution is -2.01. The van der Waals surface area contributed by atoms with Gasteiger partial charge in [-0.2, -0.15) is 0 Å². The summed E-state index contributed by atoms with van der Waals surface area (Å²) in [7, 11) is 3.20. The minimum absolute atomic E-state index is 0.113. The van der Waals surface area contributed by atoms with E-state index in [-0.39, 0.29) is 5.78 Å². The van der Waals surface area contributed by atoms with Crippen molar-refractivity contribution in [2.45, 2.75) is 12.8 Å². The molecule has 0 amide bonds. The number of carbonyl (C=O) groups is 1. The first-order valence-corrected chi connectivity index (χ1v) is 6.38. The Bertz CT molecular complexity index is 582. The van der Waals surface area contributed by atoms with Gasteiger partial charge in [0.05, 0.1) is 14.2 Å². The second kappa shape index (κ2) is 6.70. The molecule has 0 radical (unpaired) electrons. The number of Topliss-reactive ketones (excluding diaryl/α,β-unsaturated/α-hetero) is 1. The Balaban J connectivity index is 2.02. The second-order valence-corrected chi connectivity index (χ2v) is 4.35. The topological polar surface area (TPSA) is 48.4 Å². The maximum atomic E-state index is 12.0. The molecular weight excluding hydrogens is 254 g/mol. The monoisotopic (exact) mass is 271 g/mol. The zero-order valence-corrected chi connectivity index (χ0v) is 11.6. The van der Waals surface area contributed by atoms with Crippen LogP contribution in [0.15, 0.2) is 42.7 Å². The molecule has 104 valence electrons. The van der Waals surface area contributed by atoms with Crippen molar-refractivity contribution in [3.8, 4) is 11.5 Å². The van der Waals surface area contributed by atoms with Gasteiger partial charge in [0.25, 0.3) is 0 Å². The fourth-order valence-corrected chi connectivity index (χ4v) is 1.98. The summed E-state index contributed by atoms with van der Waals surface area (Å²) in [6, 6.07) is 9.17. The predicted molar refractivity (Wildman–Crippen MR) is 76.4 cm³/mol. The van der Waals surface area contributed by atoms with E-state index in [0.29, 0.717) is 29.9 Å². The molecule has 0 aliphatic carbocycles. The minimum atomic E-state index is 0.113. The number of ketones is 1. The molecule has 0 unspecified atom stereocenters. The number of hydrogen-bond acceptors (Lipinski definition) is 4. The summed E-state index contributed by atoms with van der Waals surface area (Å²) >= 11 is 0. The van der Waals surface area contributed by atoms with Crippen molar-refractivity contribution in [3.63, 3.8) is 0 Å². The summed E-state index contributed by atoms with van der Waals surface area (Å²) in [5.74, 6) is 1.49. The number of methoxy groups -OCH3 is 2. The van der Waals surface area contributed by atoms with Crippen molar-refractivity contribution >= 4 is 5.78 Å². The Hall–Kier alpha value is -2.36. The van der Waals surface area contributed by atoms with Gasteiger partial charge in [-0.05, 0) is 36.2 Å². The van der Waals surface area contributed by atoms with Crippen molar-refractivity contribution in [2.75, 3.05) is 14.2 Å². The fraction of sp³-hybridized carbons (Fsp3) is 0.250. The number of benzene rings is 1. The van der Waals surface area contributed by atoms with Crippen LogP contribution in [0.2, 0.25) is 0 Å². The largest absolute Gasteiger partial charge is 0.493 e. The van der Waals surface area contributed by atoms with Gasteiger partial charge in [-0.15, -0.1) is 0 Å². The SMILES string of the molecule is COc1ccc(CCC(=O)c2ccncc2)cc1OC. The normalized spacial score (nSPS) is 10.1. The van der Waals surface area contributed by atoms with Crippen LogP contribution in [0.5, 0.6) is 11.5 Å². The third-order valence-electron chi connectivity index (χ3n) is 3.09. The number of aryl methyl sites for hydroxylation is 1. The number of hydrogen-bond donors (Lipinski definition) is 0. The third kappa shape index (κ3) is 3.35. The second-order valence-electron chi connectivity index (χ2n) is 4.35. The summed E-state index contributed by atoms with van der Waals surface area (Å²) in [6.45, 7) is 0. The maximum absolute atomic E-state index is 12.0. The van der Waals surface area contributed by atoms with Crippen molar-refractivity contribution in [3.05, 3.63) is 53.9 Å². The van der Waals surface area contributed by atoms with E-state index < -0.39 is 0 Å². The molecule has 2 aromatic rings. The first kappa shape index (κ1) is 14.1. The van der Waals surface area contributed by atoms with Gasteiger partial charge in [0, 0.05) is 24.4 Å². The van der Waals surface area contributed by atoms with Crippen LogP contribution in [0.1, 0.15) is 22.3 Å². The first-order valence-electron chi connectivity index (χ1n) is 6.38. The number of rotatable bonds is 6. The van der Waals surface area contributed by atoms with E-state index in [4.69, 9.17) is 9.47 Å². The van der Waals surface area contributed by atoms with Gasteiger partial charge in [-0.25, -0.2) is 0 Å². The Morgan fingerprint density at radius 3 is 2.40 bits per heavy atom. The highest BCUT2D eigenvalue weighted by molar-refractivity contribution is 5.95. The van der Waals surface area contributed by atoms with Crippen molar-refractivity contribution < 1.29 is 14.3 Å². The van der Waals surface area contributed by atoms with Crippen LogP contribution >= 0.6 is 0 Å². The summed E-state index contributed by atoms with van der Waals surface area (Å²) in [6.07, 6.45) is 4.38. The van der Waals surface area contributed by atoms with E-state index in [1.165, 1.54) is 0 Å². The van der Waals surface area contributed by atoms with Crippen LogP contribution in [0.4, 0.5) is 0 Å².